The van der Waals surface area contributed by atoms with E-state index in [-0.39, 0.29) is 6.71 Å². The zero-order valence-corrected chi connectivity index (χ0v) is 28.7. The van der Waals surface area contributed by atoms with E-state index in [4.69, 9.17) is 0 Å². The maximum Gasteiger partial charge on any atom is 0.252 e. The molecule has 2 nitrogen and oxygen atoms in total. The Morgan fingerprint density at radius 3 is 1.69 bits per heavy atom. The molecule has 2 aliphatic heterocycles. The Hall–Kier alpha value is -4.24. The fraction of sp³-hybridized carbons (Fsp3) is 0.333. The lowest BCUT2D eigenvalue weighted by Crippen LogP contribution is -2.61. The predicted octanol–water partition coefficient (Wildman–Crippen LogP) is 11.0. The van der Waals surface area contributed by atoms with Crippen molar-refractivity contribution in [3.05, 3.63) is 126 Å². The van der Waals surface area contributed by atoms with Gasteiger partial charge in [0.25, 0.3) is 6.71 Å². The smallest absolute Gasteiger partial charge is 0.252 e. The summed E-state index contributed by atoms with van der Waals surface area (Å²) in [4.78, 5) is 5.15. The monoisotopic (exact) mass is 626 g/mol. The fourth-order valence-electron chi connectivity index (χ4n) is 9.48. The third-order valence-electron chi connectivity index (χ3n) is 12.0. The Bertz CT molecular complexity index is 1930. The molecule has 48 heavy (non-hydrogen) atoms. The molecule has 2 heterocycles. The summed E-state index contributed by atoms with van der Waals surface area (Å²) in [6.07, 6.45) is 13.5. The average molecular weight is 627 g/mol. The van der Waals surface area contributed by atoms with Crippen LogP contribution in [0.25, 0.3) is 0 Å². The van der Waals surface area contributed by atoms with Gasteiger partial charge in [0.05, 0.1) is 0 Å². The Labute approximate surface area is 287 Å². The van der Waals surface area contributed by atoms with E-state index in [9.17, 15) is 0 Å². The molecule has 0 bridgehead atoms. The maximum atomic E-state index is 2.61. The van der Waals surface area contributed by atoms with E-state index in [0.29, 0.717) is 17.8 Å². The second-order valence-corrected chi connectivity index (χ2v) is 15.2. The summed E-state index contributed by atoms with van der Waals surface area (Å²) in [7, 11) is 0. The van der Waals surface area contributed by atoms with Gasteiger partial charge in [0.2, 0.25) is 0 Å². The van der Waals surface area contributed by atoms with E-state index in [1.165, 1.54) is 131 Å². The zero-order chi connectivity index (χ0) is 32.2. The van der Waals surface area contributed by atoms with Crippen molar-refractivity contribution >= 4 is 57.2 Å². The quantitative estimate of drug-likeness (QED) is 0.175. The van der Waals surface area contributed by atoms with Gasteiger partial charge >= 0.3 is 0 Å². The standard InChI is InChI=1S/C45H47BN2/c1-31(2)36-29-43-45-44(30-36)48(38-25-22-34(23-26-38)32-14-6-3-7-15-32)41-21-13-12-20-39(41)46(45)40-28-35(33-16-8-4-9-17-33)24-27-42(40)47(43)37-18-10-5-11-19-37/h5,10-13,18-33H,3-4,6-9,14-17H2,1-2H3. The molecular weight excluding hydrogens is 579 g/mol. The molecule has 240 valence electrons. The molecule has 3 heteroatoms. The van der Waals surface area contributed by atoms with Crippen LogP contribution in [0.3, 0.4) is 0 Å². The molecule has 0 unspecified atom stereocenters. The molecule has 2 fully saturated rings. The Morgan fingerprint density at radius 1 is 0.500 bits per heavy atom. The molecule has 0 N–H and O–H groups in total. The van der Waals surface area contributed by atoms with Crippen LogP contribution in [0.1, 0.15) is 112 Å². The van der Waals surface area contributed by atoms with Crippen LogP contribution >= 0.6 is 0 Å². The second kappa shape index (κ2) is 12.3. The van der Waals surface area contributed by atoms with Crippen LogP contribution in [0.15, 0.2) is 109 Å². The molecule has 0 atom stereocenters. The molecule has 0 aromatic heterocycles. The third-order valence-corrected chi connectivity index (χ3v) is 12.0. The van der Waals surface area contributed by atoms with E-state index in [1.54, 1.807) is 0 Å². The first kappa shape index (κ1) is 29.9. The van der Waals surface area contributed by atoms with Crippen molar-refractivity contribution in [3.8, 4) is 0 Å². The normalized spacial score (nSPS) is 17.7. The first-order valence-corrected chi connectivity index (χ1v) is 18.8. The van der Waals surface area contributed by atoms with Crippen LogP contribution in [0, 0.1) is 0 Å². The highest BCUT2D eigenvalue weighted by molar-refractivity contribution is 7.00. The number of rotatable bonds is 5. The SMILES string of the molecule is CC(C)c1cc2c3c(c1)N(c1ccccc1)c1ccc(C4CCCCC4)cc1B3c1ccccc1N2c1ccc(C2CCCCC2)cc1. The number of fused-ring (bicyclic) bond motifs is 4. The van der Waals surface area contributed by atoms with Gasteiger partial charge in [0.1, 0.15) is 0 Å². The van der Waals surface area contributed by atoms with Crippen LogP contribution in [0.5, 0.6) is 0 Å². The molecule has 4 aliphatic rings. The van der Waals surface area contributed by atoms with E-state index in [2.05, 4.69) is 133 Å². The average Bonchev–Trinajstić information content (AvgIpc) is 3.15. The summed E-state index contributed by atoms with van der Waals surface area (Å²) >= 11 is 0. The minimum Gasteiger partial charge on any atom is -0.311 e. The number of para-hydroxylation sites is 2. The van der Waals surface area contributed by atoms with Gasteiger partial charge in [-0.3, -0.25) is 0 Å². The van der Waals surface area contributed by atoms with E-state index < -0.39 is 0 Å². The number of nitrogens with zero attached hydrogens (tertiary/aromatic N) is 2. The van der Waals surface area contributed by atoms with E-state index in [1.807, 2.05) is 0 Å². The number of anilines is 6. The summed E-state index contributed by atoms with van der Waals surface area (Å²) in [5.74, 6) is 1.78. The van der Waals surface area contributed by atoms with E-state index >= 15 is 0 Å². The highest BCUT2D eigenvalue weighted by Crippen LogP contribution is 2.46. The molecule has 5 aromatic rings. The van der Waals surface area contributed by atoms with Crippen LogP contribution in [0.2, 0.25) is 0 Å². The van der Waals surface area contributed by atoms with Crippen LogP contribution in [0.4, 0.5) is 34.1 Å². The summed E-state index contributed by atoms with van der Waals surface area (Å²) in [5.41, 5.74) is 16.5. The van der Waals surface area contributed by atoms with Crippen LogP contribution in [-0.4, -0.2) is 6.71 Å². The van der Waals surface area contributed by atoms with Crippen LogP contribution in [-0.2, 0) is 0 Å². The molecule has 2 aliphatic carbocycles. The first-order valence-electron chi connectivity index (χ1n) is 18.8. The van der Waals surface area contributed by atoms with E-state index in [0.717, 1.165) is 0 Å². The molecule has 2 saturated carbocycles. The van der Waals surface area contributed by atoms with Gasteiger partial charge in [-0.2, -0.15) is 0 Å². The predicted molar refractivity (Wildman–Crippen MR) is 206 cm³/mol. The van der Waals surface area contributed by atoms with Crippen LogP contribution < -0.4 is 26.2 Å². The largest absolute Gasteiger partial charge is 0.311 e. The zero-order valence-electron chi connectivity index (χ0n) is 28.7. The molecule has 9 rings (SSSR count). The maximum absolute atomic E-state index is 2.61. The van der Waals surface area contributed by atoms with Crippen molar-refractivity contribution in [1.29, 1.82) is 0 Å². The van der Waals surface area contributed by atoms with Gasteiger partial charge < -0.3 is 9.80 Å². The lowest BCUT2D eigenvalue weighted by atomic mass is 9.33. The lowest BCUT2D eigenvalue weighted by molar-refractivity contribution is 0.443. The van der Waals surface area contributed by atoms with Crippen molar-refractivity contribution in [2.75, 3.05) is 9.80 Å². The minimum atomic E-state index is 0.184. The van der Waals surface area contributed by atoms with Gasteiger partial charge in [-0.1, -0.05) is 113 Å². The summed E-state index contributed by atoms with van der Waals surface area (Å²) in [6, 6.07) is 42.5. The number of hydrogen-bond acceptors (Lipinski definition) is 2. The van der Waals surface area contributed by atoms with Crippen molar-refractivity contribution < 1.29 is 0 Å². The third kappa shape index (κ3) is 5.00. The second-order valence-electron chi connectivity index (χ2n) is 15.2. The summed E-state index contributed by atoms with van der Waals surface area (Å²) in [5, 5.41) is 0. The first-order chi connectivity index (χ1) is 23.7. The Kier molecular flexibility index (Phi) is 7.68. The Morgan fingerprint density at radius 2 is 1.04 bits per heavy atom. The molecule has 0 spiro atoms. The van der Waals surface area contributed by atoms with Crippen molar-refractivity contribution in [2.45, 2.75) is 95.8 Å². The number of hydrogen-bond donors (Lipinski definition) is 0. The van der Waals surface area contributed by atoms with Crippen molar-refractivity contribution in [2.24, 2.45) is 0 Å². The van der Waals surface area contributed by atoms with Gasteiger partial charge in [-0.05, 0) is 125 Å². The number of benzene rings is 5. The van der Waals surface area contributed by atoms with Gasteiger partial charge in [0, 0.05) is 34.1 Å². The molecule has 5 aromatic carbocycles. The molecule has 0 amide bonds. The lowest BCUT2D eigenvalue weighted by Gasteiger charge is -2.45. The minimum absolute atomic E-state index is 0.184. The summed E-state index contributed by atoms with van der Waals surface area (Å²) in [6.45, 7) is 4.86. The topological polar surface area (TPSA) is 6.48 Å². The highest BCUT2D eigenvalue weighted by Gasteiger charge is 2.43. The molecule has 0 radical (unpaired) electrons. The van der Waals surface area contributed by atoms with Gasteiger partial charge in [-0.25, -0.2) is 0 Å². The molecule has 0 saturated heterocycles. The highest BCUT2D eigenvalue weighted by atomic mass is 15.2. The van der Waals surface area contributed by atoms with Gasteiger partial charge in [-0.15, -0.1) is 0 Å². The summed E-state index contributed by atoms with van der Waals surface area (Å²) < 4.78 is 0. The van der Waals surface area contributed by atoms with Crippen molar-refractivity contribution in [1.82, 2.24) is 0 Å². The van der Waals surface area contributed by atoms with Gasteiger partial charge in [0.15, 0.2) is 0 Å². The Balaban J connectivity index is 1.28. The molecular formula is C45H47BN2. The fourth-order valence-corrected chi connectivity index (χ4v) is 9.48. The van der Waals surface area contributed by atoms with Crippen molar-refractivity contribution in [3.63, 3.8) is 0 Å².